The summed E-state index contributed by atoms with van der Waals surface area (Å²) in [4.78, 5) is 16.7. The fourth-order valence-corrected chi connectivity index (χ4v) is 3.30. The highest BCUT2D eigenvalue weighted by molar-refractivity contribution is 9.10. The molecule has 2 aromatic carbocycles. The minimum absolute atomic E-state index is 0.0745. The van der Waals surface area contributed by atoms with Crippen molar-refractivity contribution in [2.24, 2.45) is 0 Å². The third-order valence-electron chi connectivity index (χ3n) is 4.40. The van der Waals surface area contributed by atoms with Gasteiger partial charge in [0, 0.05) is 18.4 Å². The molecule has 0 radical (unpaired) electrons. The number of rotatable bonds is 7. The van der Waals surface area contributed by atoms with Gasteiger partial charge in [-0.2, -0.15) is 4.98 Å². The molecule has 3 aromatic rings. The van der Waals surface area contributed by atoms with Crippen molar-refractivity contribution in [2.45, 2.75) is 32.7 Å². The van der Waals surface area contributed by atoms with E-state index in [0.29, 0.717) is 18.1 Å². The van der Waals surface area contributed by atoms with E-state index in [0.717, 1.165) is 21.3 Å². The van der Waals surface area contributed by atoms with Crippen LogP contribution in [-0.2, 0) is 11.2 Å². The first kappa shape index (κ1) is 20.1. The summed E-state index contributed by atoms with van der Waals surface area (Å²) in [6.45, 7) is 3.96. The number of aryl methyl sites for hydroxylation is 2. The molecule has 1 amide bonds. The third kappa shape index (κ3) is 4.98. The number of aromatic nitrogens is 2. The Labute approximate surface area is 172 Å². The molecule has 7 heteroatoms. The van der Waals surface area contributed by atoms with Gasteiger partial charge in [-0.3, -0.25) is 4.79 Å². The number of benzene rings is 2. The van der Waals surface area contributed by atoms with Gasteiger partial charge in [0.25, 0.3) is 0 Å². The Hall–Kier alpha value is -2.67. The van der Waals surface area contributed by atoms with E-state index in [2.05, 4.69) is 31.4 Å². The van der Waals surface area contributed by atoms with E-state index in [1.54, 1.807) is 7.11 Å². The minimum Gasteiger partial charge on any atom is -0.496 e. The van der Waals surface area contributed by atoms with Gasteiger partial charge >= 0.3 is 0 Å². The Morgan fingerprint density at radius 1 is 1.25 bits per heavy atom. The Morgan fingerprint density at radius 3 is 2.68 bits per heavy atom. The summed E-state index contributed by atoms with van der Waals surface area (Å²) in [6.07, 6.45) is 0.668. The molecule has 1 N–H and O–H groups in total. The van der Waals surface area contributed by atoms with Gasteiger partial charge in [-0.25, -0.2) is 0 Å². The van der Waals surface area contributed by atoms with Crippen LogP contribution in [-0.4, -0.2) is 23.2 Å². The van der Waals surface area contributed by atoms with Crippen LogP contribution >= 0.6 is 15.9 Å². The van der Waals surface area contributed by atoms with Crippen LogP contribution in [0.1, 0.15) is 36.4 Å². The van der Waals surface area contributed by atoms with Gasteiger partial charge in [0.05, 0.1) is 17.6 Å². The average Bonchev–Trinajstić information content (AvgIpc) is 3.16. The molecule has 1 unspecified atom stereocenters. The van der Waals surface area contributed by atoms with Crippen molar-refractivity contribution in [3.8, 4) is 17.1 Å². The van der Waals surface area contributed by atoms with Crippen molar-refractivity contribution in [1.82, 2.24) is 15.5 Å². The van der Waals surface area contributed by atoms with Crippen LogP contribution in [0.5, 0.6) is 5.75 Å². The smallest absolute Gasteiger partial charge is 0.227 e. The molecule has 0 spiro atoms. The summed E-state index contributed by atoms with van der Waals surface area (Å²) in [5.41, 5.74) is 3.05. The lowest BCUT2D eigenvalue weighted by molar-refractivity contribution is -0.121. The van der Waals surface area contributed by atoms with Crippen molar-refractivity contribution in [1.29, 1.82) is 0 Å². The summed E-state index contributed by atoms with van der Waals surface area (Å²) in [5, 5.41) is 6.98. The van der Waals surface area contributed by atoms with Gasteiger partial charge in [-0.15, -0.1) is 0 Å². The highest BCUT2D eigenvalue weighted by Gasteiger charge is 2.14. The topological polar surface area (TPSA) is 77.2 Å². The van der Waals surface area contributed by atoms with Crippen LogP contribution in [0.4, 0.5) is 0 Å². The number of halogens is 1. The monoisotopic (exact) mass is 443 g/mol. The third-order valence-corrected chi connectivity index (χ3v) is 5.02. The molecule has 0 saturated heterocycles. The van der Waals surface area contributed by atoms with Gasteiger partial charge < -0.3 is 14.6 Å². The first-order chi connectivity index (χ1) is 13.5. The number of carbonyl (C=O) groups is 1. The first-order valence-electron chi connectivity index (χ1n) is 8.98. The summed E-state index contributed by atoms with van der Waals surface area (Å²) in [7, 11) is 1.62. The fraction of sp³-hybridized carbons (Fsp3) is 0.286. The van der Waals surface area contributed by atoms with Crippen molar-refractivity contribution >= 4 is 21.8 Å². The van der Waals surface area contributed by atoms with Crippen molar-refractivity contribution < 1.29 is 14.1 Å². The number of hydrogen-bond acceptors (Lipinski definition) is 5. The lowest BCUT2D eigenvalue weighted by Gasteiger charge is -2.15. The van der Waals surface area contributed by atoms with E-state index in [-0.39, 0.29) is 18.4 Å². The van der Waals surface area contributed by atoms with E-state index >= 15 is 0 Å². The normalized spacial score (nSPS) is 11.9. The Kier molecular flexibility index (Phi) is 6.46. The zero-order chi connectivity index (χ0) is 20.1. The van der Waals surface area contributed by atoms with Crippen LogP contribution < -0.4 is 10.1 Å². The highest BCUT2D eigenvalue weighted by Crippen LogP contribution is 2.28. The zero-order valence-corrected chi connectivity index (χ0v) is 17.6. The molecule has 146 valence electrons. The molecular weight excluding hydrogens is 422 g/mol. The summed E-state index contributed by atoms with van der Waals surface area (Å²) in [6, 6.07) is 13.5. The van der Waals surface area contributed by atoms with Crippen molar-refractivity contribution in [2.75, 3.05) is 7.11 Å². The number of methoxy groups -OCH3 is 1. The van der Waals surface area contributed by atoms with Crippen LogP contribution in [0.25, 0.3) is 11.4 Å². The summed E-state index contributed by atoms with van der Waals surface area (Å²) < 4.78 is 11.4. The fourth-order valence-electron chi connectivity index (χ4n) is 2.75. The lowest BCUT2D eigenvalue weighted by Crippen LogP contribution is -2.26. The highest BCUT2D eigenvalue weighted by atomic mass is 79.9. The average molecular weight is 444 g/mol. The van der Waals surface area contributed by atoms with Crippen LogP contribution in [0.2, 0.25) is 0 Å². The van der Waals surface area contributed by atoms with E-state index in [1.807, 2.05) is 56.3 Å². The molecule has 0 bridgehead atoms. The molecule has 0 aliphatic heterocycles. The molecule has 28 heavy (non-hydrogen) atoms. The maximum Gasteiger partial charge on any atom is 0.227 e. The van der Waals surface area contributed by atoms with E-state index in [4.69, 9.17) is 9.26 Å². The molecule has 0 aliphatic carbocycles. The standard InChI is InChI=1S/C21H22BrN3O3/c1-13-4-6-15(7-5-13)21-24-20(28-25-21)11-10-19(26)23-14(2)16-8-9-18(27-3)17(22)12-16/h4-9,12,14H,10-11H2,1-3H3,(H,23,26). The molecule has 0 aliphatic rings. The molecule has 0 fully saturated rings. The van der Waals surface area contributed by atoms with Gasteiger partial charge in [0.2, 0.25) is 17.6 Å². The van der Waals surface area contributed by atoms with Gasteiger partial charge in [-0.1, -0.05) is 41.1 Å². The maximum absolute atomic E-state index is 12.3. The van der Waals surface area contributed by atoms with E-state index in [9.17, 15) is 4.79 Å². The molecular formula is C21H22BrN3O3. The van der Waals surface area contributed by atoms with Gasteiger partial charge in [-0.05, 0) is 47.5 Å². The minimum atomic E-state index is -0.125. The number of ether oxygens (including phenoxy) is 1. The second-order valence-corrected chi connectivity index (χ2v) is 7.42. The van der Waals surface area contributed by atoms with Crippen LogP contribution in [0.15, 0.2) is 51.5 Å². The van der Waals surface area contributed by atoms with Crippen LogP contribution in [0, 0.1) is 6.92 Å². The van der Waals surface area contributed by atoms with E-state index in [1.165, 1.54) is 5.56 Å². The Balaban J connectivity index is 1.54. The number of carbonyl (C=O) groups excluding carboxylic acids is 1. The first-order valence-corrected chi connectivity index (χ1v) is 9.78. The number of hydrogen-bond donors (Lipinski definition) is 1. The Morgan fingerprint density at radius 2 is 2.00 bits per heavy atom. The SMILES string of the molecule is COc1ccc(C(C)NC(=O)CCc2nc(-c3ccc(C)cc3)no2)cc1Br. The van der Waals surface area contributed by atoms with Crippen LogP contribution in [0.3, 0.4) is 0 Å². The molecule has 1 heterocycles. The van der Waals surface area contributed by atoms with Crippen molar-refractivity contribution in [3.63, 3.8) is 0 Å². The van der Waals surface area contributed by atoms with Gasteiger partial charge in [0.1, 0.15) is 5.75 Å². The zero-order valence-electron chi connectivity index (χ0n) is 16.0. The number of nitrogens with zero attached hydrogens (tertiary/aromatic N) is 2. The molecule has 0 saturated carbocycles. The summed E-state index contributed by atoms with van der Waals surface area (Å²) >= 11 is 3.46. The number of amides is 1. The maximum atomic E-state index is 12.3. The van der Waals surface area contributed by atoms with Gasteiger partial charge in [0.15, 0.2) is 0 Å². The lowest BCUT2D eigenvalue weighted by atomic mass is 10.1. The van der Waals surface area contributed by atoms with E-state index < -0.39 is 0 Å². The Bertz CT molecular complexity index is 954. The molecule has 3 rings (SSSR count). The second kappa shape index (κ2) is 9.01. The number of nitrogens with one attached hydrogen (secondary N) is 1. The quantitative estimate of drug-likeness (QED) is 0.575. The largest absolute Gasteiger partial charge is 0.496 e. The molecule has 6 nitrogen and oxygen atoms in total. The van der Waals surface area contributed by atoms with Crippen molar-refractivity contribution in [3.05, 3.63) is 64.0 Å². The predicted octanol–water partition coefficient (Wildman–Crippen LogP) is 4.63. The second-order valence-electron chi connectivity index (χ2n) is 6.56. The predicted molar refractivity (Wildman–Crippen MR) is 110 cm³/mol. The molecule has 1 aromatic heterocycles. The molecule has 1 atom stereocenters. The summed E-state index contributed by atoms with van der Waals surface area (Å²) in [5.74, 6) is 1.66.